The van der Waals surface area contributed by atoms with Crippen molar-refractivity contribution in [1.82, 2.24) is 19.5 Å². The highest BCUT2D eigenvalue weighted by atomic mass is 16.8. The van der Waals surface area contributed by atoms with Gasteiger partial charge in [0.05, 0.1) is 19.0 Å². The van der Waals surface area contributed by atoms with Crippen LogP contribution in [0.3, 0.4) is 0 Å². The van der Waals surface area contributed by atoms with Gasteiger partial charge in [0.1, 0.15) is 30.2 Å². The van der Waals surface area contributed by atoms with E-state index in [-0.39, 0.29) is 12.6 Å². The third-order valence-electron chi connectivity index (χ3n) is 7.14. The molecule has 0 radical (unpaired) electrons. The summed E-state index contributed by atoms with van der Waals surface area (Å²) >= 11 is 0. The summed E-state index contributed by atoms with van der Waals surface area (Å²) in [6.45, 7) is 4.68. The standard InChI is InChI=1S/C29H33N5O5/c1-29(2)38-25-24(36-16-20-11-7-4-8-12-20)23(37-28(25)39-29)21(13-14-35)34-18-33-22-26(31-17-32-27(22)34)30-15-19-9-5-3-6-10-19/h3-12,17-18,21,23-25,28,35H,13-16H2,1-2H3,(H,30,31,32)/t21-,23-,24+,25-,28-/m1/s1. The monoisotopic (exact) mass is 531 g/mol. The number of hydrogen-bond donors (Lipinski definition) is 2. The molecular weight excluding hydrogens is 498 g/mol. The predicted molar refractivity (Wildman–Crippen MR) is 144 cm³/mol. The average Bonchev–Trinajstić information content (AvgIpc) is 3.61. The van der Waals surface area contributed by atoms with Crippen molar-refractivity contribution in [2.45, 2.75) is 69.9 Å². The van der Waals surface area contributed by atoms with Crippen LogP contribution < -0.4 is 5.32 Å². The number of nitrogens with zero attached hydrogens (tertiary/aromatic N) is 4. The number of anilines is 1. The highest BCUT2D eigenvalue weighted by molar-refractivity contribution is 5.82. The van der Waals surface area contributed by atoms with E-state index in [1.807, 2.05) is 66.9 Å². The van der Waals surface area contributed by atoms with E-state index in [0.29, 0.717) is 36.6 Å². The molecule has 0 unspecified atom stereocenters. The fraction of sp³-hybridized carbons (Fsp3) is 0.414. The third kappa shape index (κ3) is 5.39. The first-order chi connectivity index (χ1) is 19.0. The van der Waals surface area contributed by atoms with Crippen LogP contribution >= 0.6 is 0 Å². The maximum absolute atomic E-state index is 10.1. The van der Waals surface area contributed by atoms with E-state index in [0.717, 1.165) is 11.1 Å². The zero-order valence-corrected chi connectivity index (χ0v) is 22.0. The van der Waals surface area contributed by atoms with Gasteiger partial charge in [-0.2, -0.15) is 0 Å². The van der Waals surface area contributed by atoms with Gasteiger partial charge >= 0.3 is 0 Å². The summed E-state index contributed by atoms with van der Waals surface area (Å²) in [7, 11) is 0. The summed E-state index contributed by atoms with van der Waals surface area (Å²) in [6, 6.07) is 19.8. The molecule has 2 aromatic carbocycles. The molecule has 0 amide bonds. The summed E-state index contributed by atoms with van der Waals surface area (Å²) < 4.78 is 27.2. The minimum Gasteiger partial charge on any atom is -0.396 e. The molecule has 5 atom stereocenters. The molecule has 10 heteroatoms. The van der Waals surface area contributed by atoms with Crippen LogP contribution in [0.2, 0.25) is 0 Å². The molecule has 0 spiro atoms. The van der Waals surface area contributed by atoms with E-state index >= 15 is 0 Å². The van der Waals surface area contributed by atoms with Gasteiger partial charge in [-0.15, -0.1) is 0 Å². The fourth-order valence-electron chi connectivity index (χ4n) is 5.37. The fourth-order valence-corrected chi connectivity index (χ4v) is 5.37. The van der Waals surface area contributed by atoms with Gasteiger partial charge in [0.15, 0.2) is 23.5 Å². The number of ether oxygens (including phenoxy) is 4. The molecule has 6 rings (SSSR count). The minimum atomic E-state index is -0.782. The van der Waals surface area contributed by atoms with Crippen molar-refractivity contribution in [2.24, 2.45) is 0 Å². The summed E-state index contributed by atoms with van der Waals surface area (Å²) in [5.74, 6) is -0.144. The summed E-state index contributed by atoms with van der Waals surface area (Å²) in [5.41, 5.74) is 3.47. The van der Waals surface area contributed by atoms with Crippen molar-refractivity contribution in [2.75, 3.05) is 11.9 Å². The Morgan fingerprint density at radius 1 is 1.00 bits per heavy atom. The highest BCUT2D eigenvalue weighted by Gasteiger charge is 2.57. The van der Waals surface area contributed by atoms with Crippen LogP contribution in [0.5, 0.6) is 0 Å². The molecule has 2 aromatic heterocycles. The summed E-state index contributed by atoms with van der Waals surface area (Å²) in [5, 5.41) is 13.4. The van der Waals surface area contributed by atoms with E-state index in [1.54, 1.807) is 6.33 Å². The number of rotatable bonds is 10. The van der Waals surface area contributed by atoms with E-state index in [1.165, 1.54) is 6.33 Å². The van der Waals surface area contributed by atoms with Crippen molar-refractivity contribution in [3.05, 3.63) is 84.4 Å². The van der Waals surface area contributed by atoms with Crippen molar-refractivity contribution in [3.63, 3.8) is 0 Å². The Labute approximate surface area is 226 Å². The SMILES string of the molecule is CC1(C)O[C@H]2O[C@H]([C@@H](CCO)n3cnc4c(NCc5ccccc5)ncnc43)[C@H](OCc3ccccc3)[C@H]2O1. The van der Waals surface area contributed by atoms with Gasteiger partial charge in [-0.25, -0.2) is 15.0 Å². The van der Waals surface area contributed by atoms with Gasteiger partial charge in [0.2, 0.25) is 0 Å². The van der Waals surface area contributed by atoms with Crippen molar-refractivity contribution < 1.29 is 24.1 Å². The van der Waals surface area contributed by atoms with Gasteiger partial charge in [-0.05, 0) is 31.4 Å². The van der Waals surface area contributed by atoms with Gasteiger partial charge in [0, 0.05) is 13.2 Å². The van der Waals surface area contributed by atoms with Gasteiger partial charge in [-0.3, -0.25) is 0 Å². The molecule has 2 N–H and O–H groups in total. The molecule has 10 nitrogen and oxygen atoms in total. The molecule has 204 valence electrons. The molecular formula is C29H33N5O5. The molecule has 2 fully saturated rings. The second-order valence-electron chi connectivity index (χ2n) is 10.3. The zero-order chi connectivity index (χ0) is 26.8. The average molecular weight is 532 g/mol. The van der Waals surface area contributed by atoms with Crippen LogP contribution in [-0.4, -0.2) is 61.6 Å². The molecule has 4 heterocycles. The van der Waals surface area contributed by atoms with Gasteiger partial charge in [0.25, 0.3) is 0 Å². The number of aromatic nitrogens is 4. The molecule has 0 bridgehead atoms. The topological polar surface area (TPSA) is 113 Å². The lowest BCUT2D eigenvalue weighted by molar-refractivity contribution is -0.224. The van der Waals surface area contributed by atoms with Crippen molar-refractivity contribution in [3.8, 4) is 0 Å². The number of imidazole rings is 1. The largest absolute Gasteiger partial charge is 0.396 e. The molecule has 39 heavy (non-hydrogen) atoms. The van der Waals surface area contributed by atoms with Crippen LogP contribution in [0.15, 0.2) is 73.3 Å². The number of benzene rings is 2. The Balaban J connectivity index is 1.29. The number of fused-ring (bicyclic) bond motifs is 2. The second kappa shape index (κ2) is 11.0. The van der Waals surface area contributed by atoms with Crippen molar-refractivity contribution >= 4 is 17.0 Å². The number of aliphatic hydroxyl groups is 1. The van der Waals surface area contributed by atoms with E-state index < -0.39 is 30.4 Å². The highest BCUT2D eigenvalue weighted by Crippen LogP contribution is 2.43. The van der Waals surface area contributed by atoms with Crippen LogP contribution in [0.4, 0.5) is 5.82 Å². The lowest BCUT2D eigenvalue weighted by Gasteiger charge is -2.31. The second-order valence-corrected chi connectivity index (χ2v) is 10.3. The Kier molecular flexibility index (Phi) is 7.28. The van der Waals surface area contributed by atoms with E-state index in [4.69, 9.17) is 18.9 Å². The zero-order valence-electron chi connectivity index (χ0n) is 22.0. The molecule has 2 aliphatic heterocycles. The van der Waals surface area contributed by atoms with Crippen molar-refractivity contribution in [1.29, 1.82) is 0 Å². The van der Waals surface area contributed by atoms with Crippen LogP contribution in [0, 0.1) is 0 Å². The first kappa shape index (κ1) is 25.8. The number of hydrogen-bond acceptors (Lipinski definition) is 9. The summed E-state index contributed by atoms with van der Waals surface area (Å²) in [6.07, 6.45) is 1.74. The van der Waals surface area contributed by atoms with Gasteiger partial charge < -0.3 is 33.9 Å². The minimum absolute atomic E-state index is 0.0532. The maximum Gasteiger partial charge on any atom is 0.190 e. The molecule has 0 aliphatic carbocycles. The normalized spacial score (nSPS) is 24.6. The lowest BCUT2D eigenvalue weighted by atomic mass is 10.0. The van der Waals surface area contributed by atoms with Crippen LogP contribution in [-0.2, 0) is 32.1 Å². The van der Waals surface area contributed by atoms with Gasteiger partial charge in [-0.1, -0.05) is 60.7 Å². The number of nitrogens with one attached hydrogen (secondary N) is 1. The first-order valence-corrected chi connectivity index (χ1v) is 13.3. The number of aliphatic hydroxyl groups excluding tert-OH is 1. The molecule has 4 aromatic rings. The smallest absolute Gasteiger partial charge is 0.190 e. The Bertz CT molecular complexity index is 1380. The van der Waals surface area contributed by atoms with E-state index in [2.05, 4.69) is 32.4 Å². The maximum atomic E-state index is 10.1. The third-order valence-corrected chi connectivity index (χ3v) is 7.14. The van der Waals surface area contributed by atoms with Crippen LogP contribution in [0.25, 0.3) is 11.2 Å². The molecule has 2 saturated heterocycles. The Morgan fingerprint density at radius 3 is 2.49 bits per heavy atom. The molecule has 2 aliphatic rings. The quantitative estimate of drug-likeness (QED) is 0.315. The summed E-state index contributed by atoms with van der Waals surface area (Å²) in [4.78, 5) is 13.6. The lowest BCUT2D eigenvalue weighted by Crippen LogP contribution is -2.41. The predicted octanol–water partition coefficient (Wildman–Crippen LogP) is 3.82. The Hall–Kier alpha value is -3.41. The van der Waals surface area contributed by atoms with Crippen LogP contribution in [0.1, 0.15) is 37.4 Å². The molecule has 0 saturated carbocycles. The first-order valence-electron chi connectivity index (χ1n) is 13.3. The Morgan fingerprint density at radius 2 is 1.74 bits per heavy atom. The van der Waals surface area contributed by atoms with E-state index in [9.17, 15) is 5.11 Å².